The second-order valence-corrected chi connectivity index (χ2v) is 4.09. The summed E-state index contributed by atoms with van der Waals surface area (Å²) < 4.78 is 0.845. The number of hydrogen-bond acceptors (Lipinski definition) is 1. The molecule has 1 aromatic rings. The van der Waals surface area contributed by atoms with E-state index >= 15 is 0 Å². The van der Waals surface area contributed by atoms with Crippen LogP contribution in [0.5, 0.6) is 0 Å². The number of nitrogens with one attached hydrogen (secondary N) is 1. The number of terminal acetylenes is 1. The summed E-state index contributed by atoms with van der Waals surface area (Å²) in [5, 5.41) is 3.21. The van der Waals surface area contributed by atoms with Crippen molar-refractivity contribution in [2.75, 3.05) is 6.54 Å². The minimum absolute atomic E-state index is 0.183. The Labute approximate surface area is 101 Å². The first-order valence-electron chi connectivity index (χ1n) is 3.82. The summed E-state index contributed by atoms with van der Waals surface area (Å²) in [6.45, 7) is 0.234. The molecule has 1 aromatic carbocycles. The van der Waals surface area contributed by atoms with Crippen molar-refractivity contribution in [2.24, 2.45) is 0 Å². The summed E-state index contributed by atoms with van der Waals surface area (Å²) in [4.78, 5) is 11.4. The first-order chi connectivity index (χ1) is 6.65. The molecule has 0 heterocycles. The molecule has 72 valence electrons. The molecule has 0 aliphatic rings. The first kappa shape index (κ1) is 11.3. The Hall–Kier alpha value is -0.730. The second kappa shape index (κ2) is 5.23. The van der Waals surface area contributed by atoms with E-state index in [0.717, 1.165) is 3.57 Å². The lowest BCUT2D eigenvalue weighted by Crippen LogP contribution is -2.23. The minimum atomic E-state index is -0.183. The van der Waals surface area contributed by atoms with Gasteiger partial charge in [-0.2, -0.15) is 0 Å². The fourth-order valence-corrected chi connectivity index (χ4v) is 1.50. The van der Waals surface area contributed by atoms with E-state index in [9.17, 15) is 4.79 Å². The van der Waals surface area contributed by atoms with Crippen molar-refractivity contribution in [2.45, 2.75) is 0 Å². The predicted octanol–water partition coefficient (Wildman–Crippen LogP) is 2.31. The lowest BCUT2D eigenvalue weighted by molar-refractivity contribution is 0.0958. The van der Waals surface area contributed by atoms with Gasteiger partial charge in [-0.05, 0) is 40.8 Å². The van der Waals surface area contributed by atoms with Gasteiger partial charge in [0.2, 0.25) is 0 Å². The maximum Gasteiger partial charge on any atom is 0.252 e. The molecule has 0 aliphatic heterocycles. The van der Waals surface area contributed by atoms with Crippen LogP contribution in [0.2, 0.25) is 5.02 Å². The maximum atomic E-state index is 11.4. The molecule has 4 heteroatoms. The highest BCUT2D eigenvalue weighted by Gasteiger charge is 2.05. The van der Waals surface area contributed by atoms with Crippen molar-refractivity contribution in [1.29, 1.82) is 0 Å². The number of hydrogen-bond donors (Lipinski definition) is 1. The first-order valence-corrected chi connectivity index (χ1v) is 5.27. The zero-order valence-corrected chi connectivity index (χ0v) is 10.1. The van der Waals surface area contributed by atoms with Crippen molar-refractivity contribution in [3.8, 4) is 12.3 Å². The van der Waals surface area contributed by atoms with Crippen LogP contribution >= 0.6 is 34.2 Å². The molecule has 0 saturated carbocycles. The van der Waals surface area contributed by atoms with Crippen LogP contribution in [0.3, 0.4) is 0 Å². The van der Waals surface area contributed by atoms with Crippen LogP contribution in [0.25, 0.3) is 0 Å². The summed E-state index contributed by atoms with van der Waals surface area (Å²) in [5.74, 6) is 2.15. The van der Waals surface area contributed by atoms with E-state index in [4.69, 9.17) is 18.0 Å². The monoisotopic (exact) mass is 319 g/mol. The fraction of sp³-hybridized carbons (Fsp3) is 0.100. The molecule has 2 nitrogen and oxygen atoms in total. The fourth-order valence-electron chi connectivity index (χ4n) is 0.871. The van der Waals surface area contributed by atoms with Crippen molar-refractivity contribution >= 4 is 40.1 Å². The van der Waals surface area contributed by atoms with Crippen LogP contribution in [-0.4, -0.2) is 12.5 Å². The average molecular weight is 320 g/mol. The van der Waals surface area contributed by atoms with Gasteiger partial charge in [-0.25, -0.2) is 0 Å². The Morgan fingerprint density at radius 3 is 2.93 bits per heavy atom. The SMILES string of the molecule is C#CCNC(=O)c1ccc(Cl)c(I)c1. The molecule has 0 aromatic heterocycles. The van der Waals surface area contributed by atoms with E-state index in [1.165, 1.54) is 0 Å². The molecule has 0 unspecified atom stereocenters. The molecular weight excluding hydrogens is 312 g/mol. The van der Waals surface area contributed by atoms with Crippen LogP contribution in [0.4, 0.5) is 0 Å². The average Bonchev–Trinajstić information content (AvgIpc) is 2.18. The van der Waals surface area contributed by atoms with Gasteiger partial charge in [-0.1, -0.05) is 17.5 Å². The number of rotatable bonds is 2. The van der Waals surface area contributed by atoms with E-state index in [1.807, 2.05) is 0 Å². The quantitative estimate of drug-likeness (QED) is 0.658. The van der Waals surface area contributed by atoms with Gasteiger partial charge in [-0.15, -0.1) is 6.42 Å². The standard InChI is InChI=1S/C10H7ClINO/c1-2-5-13-10(14)7-3-4-8(11)9(12)6-7/h1,3-4,6H,5H2,(H,13,14). The smallest absolute Gasteiger partial charge is 0.252 e. The van der Waals surface area contributed by atoms with Crippen LogP contribution in [0.15, 0.2) is 18.2 Å². The van der Waals surface area contributed by atoms with Crippen molar-refractivity contribution in [1.82, 2.24) is 5.32 Å². The third-order valence-corrected chi connectivity index (χ3v) is 3.07. The number of carbonyl (C=O) groups is 1. The highest BCUT2D eigenvalue weighted by molar-refractivity contribution is 14.1. The summed E-state index contributed by atoms with van der Waals surface area (Å²) in [6.07, 6.45) is 5.02. The van der Waals surface area contributed by atoms with Crippen LogP contribution in [-0.2, 0) is 0 Å². The molecule has 14 heavy (non-hydrogen) atoms. The van der Waals surface area contributed by atoms with Crippen LogP contribution in [0, 0.1) is 15.9 Å². The summed E-state index contributed by atoms with van der Waals surface area (Å²) in [6, 6.07) is 5.07. The summed E-state index contributed by atoms with van der Waals surface area (Å²) in [5.41, 5.74) is 0.564. The molecule has 0 radical (unpaired) electrons. The zero-order valence-electron chi connectivity index (χ0n) is 7.18. The van der Waals surface area contributed by atoms with E-state index in [1.54, 1.807) is 18.2 Å². The van der Waals surface area contributed by atoms with E-state index in [-0.39, 0.29) is 12.5 Å². The van der Waals surface area contributed by atoms with Gasteiger partial charge >= 0.3 is 0 Å². The van der Waals surface area contributed by atoms with Crippen molar-refractivity contribution in [3.63, 3.8) is 0 Å². The van der Waals surface area contributed by atoms with Crippen molar-refractivity contribution in [3.05, 3.63) is 32.4 Å². The van der Waals surface area contributed by atoms with Crippen LogP contribution < -0.4 is 5.32 Å². The molecule has 1 amide bonds. The van der Waals surface area contributed by atoms with Gasteiger partial charge in [0.05, 0.1) is 11.6 Å². The number of benzene rings is 1. The largest absolute Gasteiger partial charge is 0.341 e. The van der Waals surface area contributed by atoms with Gasteiger partial charge < -0.3 is 5.32 Å². The molecular formula is C10H7ClINO. The third kappa shape index (κ3) is 2.89. The molecule has 0 fully saturated rings. The Bertz CT molecular complexity index is 398. The van der Waals surface area contributed by atoms with Crippen molar-refractivity contribution < 1.29 is 4.79 Å². The number of halogens is 2. The van der Waals surface area contributed by atoms with Gasteiger partial charge in [0, 0.05) is 9.13 Å². The Balaban J connectivity index is 2.82. The number of amides is 1. The highest BCUT2D eigenvalue weighted by Crippen LogP contribution is 2.19. The molecule has 1 N–H and O–H groups in total. The Morgan fingerprint density at radius 2 is 2.36 bits per heavy atom. The van der Waals surface area contributed by atoms with Crippen LogP contribution in [0.1, 0.15) is 10.4 Å². The predicted molar refractivity (Wildman–Crippen MR) is 65.3 cm³/mol. The van der Waals surface area contributed by atoms with Gasteiger partial charge in [0.1, 0.15) is 0 Å². The topological polar surface area (TPSA) is 29.1 Å². The summed E-state index contributed by atoms with van der Waals surface area (Å²) in [7, 11) is 0. The maximum absolute atomic E-state index is 11.4. The molecule has 1 rings (SSSR count). The molecule has 0 aliphatic carbocycles. The number of carbonyl (C=O) groups excluding carboxylic acids is 1. The lowest BCUT2D eigenvalue weighted by Gasteiger charge is -2.02. The molecule has 0 atom stereocenters. The summed E-state index contributed by atoms with van der Waals surface area (Å²) >= 11 is 7.89. The van der Waals surface area contributed by atoms with Gasteiger partial charge in [0.25, 0.3) is 5.91 Å². The van der Waals surface area contributed by atoms with E-state index < -0.39 is 0 Å². The minimum Gasteiger partial charge on any atom is -0.341 e. The second-order valence-electron chi connectivity index (χ2n) is 2.52. The van der Waals surface area contributed by atoms with E-state index in [0.29, 0.717) is 10.6 Å². The lowest BCUT2D eigenvalue weighted by atomic mass is 10.2. The normalized spacial score (nSPS) is 9.21. The van der Waals surface area contributed by atoms with E-state index in [2.05, 4.69) is 33.8 Å². The molecule has 0 bridgehead atoms. The van der Waals surface area contributed by atoms with Gasteiger partial charge in [-0.3, -0.25) is 4.79 Å². The molecule has 0 spiro atoms. The van der Waals surface area contributed by atoms with Gasteiger partial charge in [0.15, 0.2) is 0 Å². The highest BCUT2D eigenvalue weighted by atomic mass is 127. The third-order valence-electron chi connectivity index (χ3n) is 1.53. The zero-order chi connectivity index (χ0) is 10.6. The Kier molecular flexibility index (Phi) is 4.23. The Morgan fingerprint density at radius 1 is 1.64 bits per heavy atom. The molecule has 0 saturated heterocycles.